The predicted molar refractivity (Wildman–Crippen MR) is 182 cm³/mol. The van der Waals surface area contributed by atoms with E-state index in [4.69, 9.17) is 17.2 Å². The first-order chi connectivity index (χ1) is 21.4. The minimum atomic E-state index is -1.23. The lowest BCUT2D eigenvalue weighted by Gasteiger charge is -2.64. The predicted octanol–water partition coefficient (Wildman–Crippen LogP) is 7.70. The van der Waals surface area contributed by atoms with E-state index < -0.39 is 22.0 Å². The lowest BCUT2D eigenvalue weighted by Crippen LogP contribution is -2.75. The Morgan fingerprint density at radius 2 is 0.409 bits per heavy atom. The summed E-state index contributed by atoms with van der Waals surface area (Å²) in [5.41, 5.74) is 25.2. The van der Waals surface area contributed by atoms with E-state index in [1.807, 2.05) is 109 Å². The molecule has 0 spiro atoms. The van der Waals surface area contributed by atoms with E-state index in [0.717, 1.165) is 33.4 Å². The van der Waals surface area contributed by atoms with Crippen LogP contribution in [0.25, 0.3) is 0 Å². The van der Waals surface area contributed by atoms with Crippen LogP contribution in [0.2, 0.25) is 0 Å². The largest absolute Gasteiger partial charge is 0.317 e. The quantitative estimate of drug-likeness (QED) is 0.166. The number of benzene rings is 6. The molecule has 0 bridgehead atoms. The molecule has 6 aromatic carbocycles. The van der Waals surface area contributed by atoms with Gasteiger partial charge in [0.1, 0.15) is 0 Å². The maximum Gasteiger partial charge on any atom is 0.0769 e. The molecule has 218 valence electrons. The molecule has 0 saturated carbocycles. The number of nitrogens with two attached hydrogens (primary N) is 3. The van der Waals surface area contributed by atoms with E-state index in [9.17, 15) is 0 Å². The van der Waals surface area contributed by atoms with Gasteiger partial charge < -0.3 is 17.2 Å². The summed E-state index contributed by atoms with van der Waals surface area (Å²) in [6.07, 6.45) is 0. The van der Waals surface area contributed by atoms with Crippen LogP contribution < -0.4 is 17.2 Å². The Bertz CT molecular complexity index is 1440. The molecule has 0 atom stereocenters. The zero-order chi connectivity index (χ0) is 30.7. The third kappa shape index (κ3) is 4.32. The van der Waals surface area contributed by atoms with Crippen molar-refractivity contribution in [2.45, 2.75) is 23.5 Å². The van der Waals surface area contributed by atoms with Gasteiger partial charge in [0.25, 0.3) is 0 Å². The molecule has 3 heteroatoms. The van der Waals surface area contributed by atoms with Crippen LogP contribution >= 0.6 is 0 Å². The van der Waals surface area contributed by atoms with Crippen molar-refractivity contribution in [1.82, 2.24) is 0 Å². The third-order valence-electron chi connectivity index (χ3n) is 9.74. The first-order valence-corrected chi connectivity index (χ1v) is 15.1. The van der Waals surface area contributed by atoms with Gasteiger partial charge in [-0.1, -0.05) is 189 Å². The summed E-state index contributed by atoms with van der Waals surface area (Å²) >= 11 is 0. The summed E-state index contributed by atoms with van der Waals surface area (Å²) in [5.74, 6) is 0. The Morgan fingerprint density at radius 3 is 0.545 bits per heavy atom. The Balaban J connectivity index is 1.89. The highest BCUT2D eigenvalue weighted by molar-refractivity contribution is 5.56. The van der Waals surface area contributed by atoms with Gasteiger partial charge in [0.2, 0.25) is 0 Å². The summed E-state index contributed by atoms with van der Waals surface area (Å²) in [7, 11) is 0. The van der Waals surface area contributed by atoms with E-state index in [0.29, 0.717) is 0 Å². The molecule has 0 aliphatic heterocycles. The van der Waals surface area contributed by atoms with Gasteiger partial charge in [-0.05, 0) is 33.4 Å². The van der Waals surface area contributed by atoms with Crippen LogP contribution in [0.5, 0.6) is 0 Å². The fourth-order valence-electron chi connectivity index (χ4n) is 7.37. The van der Waals surface area contributed by atoms with Crippen molar-refractivity contribution in [3.05, 3.63) is 215 Å². The molecule has 6 rings (SSSR count). The molecule has 0 fully saturated rings. The van der Waals surface area contributed by atoms with E-state index in [2.05, 4.69) is 79.7 Å². The molecule has 0 saturated heterocycles. The zero-order valence-corrected chi connectivity index (χ0v) is 25.1. The number of hydrogen-bond acceptors (Lipinski definition) is 3. The van der Waals surface area contributed by atoms with Crippen molar-refractivity contribution in [3.8, 4) is 0 Å². The van der Waals surface area contributed by atoms with Crippen molar-refractivity contribution in [1.29, 1.82) is 0 Å². The second-order valence-corrected chi connectivity index (χ2v) is 11.7. The maximum absolute atomic E-state index is 8.18. The summed E-state index contributed by atoms with van der Waals surface area (Å²) in [6, 6.07) is 61.6. The van der Waals surface area contributed by atoms with Crippen LogP contribution in [0.15, 0.2) is 182 Å². The van der Waals surface area contributed by atoms with E-state index >= 15 is 0 Å². The Kier molecular flexibility index (Phi) is 7.79. The van der Waals surface area contributed by atoms with Crippen molar-refractivity contribution in [2.24, 2.45) is 22.6 Å². The summed E-state index contributed by atoms with van der Waals surface area (Å²) < 4.78 is 0. The van der Waals surface area contributed by atoms with E-state index in [-0.39, 0.29) is 0 Å². The van der Waals surface area contributed by atoms with E-state index in [1.165, 1.54) is 0 Å². The minimum absolute atomic E-state index is 0.914. The SMILES string of the molecule is CC(C(N)(c1ccccc1)c1ccccc1)(C(N)(c1ccccc1)c1ccccc1)C(N)(c1ccccc1)c1ccccc1. The first kappa shape index (κ1) is 29.3. The van der Waals surface area contributed by atoms with Gasteiger partial charge in [0.05, 0.1) is 16.6 Å². The fraction of sp³-hybridized carbons (Fsp3) is 0.122. The summed E-state index contributed by atoms with van der Waals surface area (Å²) in [4.78, 5) is 0. The van der Waals surface area contributed by atoms with Crippen LogP contribution in [0, 0.1) is 5.41 Å². The van der Waals surface area contributed by atoms with Gasteiger partial charge in [0.15, 0.2) is 0 Å². The van der Waals surface area contributed by atoms with Gasteiger partial charge in [-0.25, -0.2) is 0 Å². The monoisotopic (exact) mass is 573 g/mol. The van der Waals surface area contributed by atoms with Crippen LogP contribution in [0.4, 0.5) is 0 Å². The minimum Gasteiger partial charge on any atom is -0.317 e. The highest BCUT2D eigenvalue weighted by Gasteiger charge is 2.69. The van der Waals surface area contributed by atoms with Gasteiger partial charge in [-0.2, -0.15) is 0 Å². The average molecular weight is 574 g/mol. The van der Waals surface area contributed by atoms with Crippen molar-refractivity contribution >= 4 is 0 Å². The zero-order valence-electron chi connectivity index (χ0n) is 25.1. The maximum atomic E-state index is 8.18. The molecule has 0 aliphatic rings. The van der Waals surface area contributed by atoms with Crippen molar-refractivity contribution < 1.29 is 0 Å². The molecule has 0 aliphatic carbocycles. The molecule has 0 heterocycles. The Morgan fingerprint density at radius 1 is 0.273 bits per heavy atom. The van der Waals surface area contributed by atoms with Gasteiger partial charge in [-0.3, -0.25) is 0 Å². The molecule has 0 aromatic heterocycles. The summed E-state index contributed by atoms with van der Waals surface area (Å²) in [6.45, 7) is 2.19. The molecule has 0 radical (unpaired) electrons. The van der Waals surface area contributed by atoms with Crippen LogP contribution in [0.1, 0.15) is 40.3 Å². The second-order valence-electron chi connectivity index (χ2n) is 11.7. The molecule has 44 heavy (non-hydrogen) atoms. The van der Waals surface area contributed by atoms with Gasteiger partial charge >= 0.3 is 0 Å². The van der Waals surface area contributed by atoms with Gasteiger partial charge in [0, 0.05) is 5.41 Å². The van der Waals surface area contributed by atoms with Crippen LogP contribution in [-0.2, 0) is 16.6 Å². The lowest BCUT2D eigenvalue weighted by atomic mass is 9.43. The summed E-state index contributed by atoms with van der Waals surface area (Å²) in [5, 5.41) is 0. The molecule has 6 N–H and O–H groups in total. The topological polar surface area (TPSA) is 78.1 Å². The Hall–Kier alpha value is -4.80. The number of hydrogen-bond donors (Lipinski definition) is 3. The highest BCUT2D eigenvalue weighted by Crippen LogP contribution is 2.63. The molecule has 0 amide bonds. The van der Waals surface area contributed by atoms with Crippen LogP contribution in [0.3, 0.4) is 0 Å². The van der Waals surface area contributed by atoms with Gasteiger partial charge in [-0.15, -0.1) is 0 Å². The molecule has 6 aromatic rings. The fourth-order valence-corrected chi connectivity index (χ4v) is 7.37. The van der Waals surface area contributed by atoms with Crippen molar-refractivity contribution in [3.63, 3.8) is 0 Å². The standard InChI is InChI=1S/C41H39N3/c1-38(39(42,32-20-8-2-9-21-32)33-22-10-3-11-23-33,40(43,34-24-12-4-13-25-34)35-26-14-5-15-27-35)41(44,36-28-16-6-17-29-36)37-30-18-7-19-31-37/h2-31H,42-44H2,1H3. The molecular formula is C41H39N3. The molecule has 3 nitrogen and oxygen atoms in total. The average Bonchev–Trinajstić information content (AvgIpc) is 3.12. The normalized spacial score (nSPS) is 12.5. The molecule has 0 unspecified atom stereocenters. The third-order valence-corrected chi connectivity index (χ3v) is 9.74. The first-order valence-electron chi connectivity index (χ1n) is 15.1. The number of rotatable bonds is 9. The molecular weight excluding hydrogens is 534 g/mol. The second kappa shape index (κ2) is 11.7. The smallest absolute Gasteiger partial charge is 0.0769 e. The van der Waals surface area contributed by atoms with Crippen LogP contribution in [-0.4, -0.2) is 0 Å². The lowest BCUT2D eigenvalue weighted by molar-refractivity contribution is 0.00589. The Labute approximate surface area is 261 Å². The van der Waals surface area contributed by atoms with Crippen molar-refractivity contribution in [2.75, 3.05) is 0 Å². The highest BCUT2D eigenvalue weighted by atomic mass is 15.0. The van der Waals surface area contributed by atoms with E-state index in [1.54, 1.807) is 0 Å².